The predicted molar refractivity (Wildman–Crippen MR) is 72.3 cm³/mol. The van der Waals surface area contributed by atoms with E-state index in [1.807, 2.05) is 0 Å². The average Bonchev–Trinajstić information content (AvgIpc) is 2.90. The fourth-order valence-electron chi connectivity index (χ4n) is 2.60. The van der Waals surface area contributed by atoms with Gasteiger partial charge in [0.1, 0.15) is 0 Å². The van der Waals surface area contributed by atoms with Gasteiger partial charge in [-0.3, -0.25) is 0 Å². The maximum Gasteiger partial charge on any atom is 0.0623 e. The molecule has 0 bridgehead atoms. The van der Waals surface area contributed by atoms with E-state index in [9.17, 15) is 0 Å². The maximum atomic E-state index is 3.25. The molecule has 17 heavy (non-hydrogen) atoms. The zero-order valence-electron chi connectivity index (χ0n) is 10.0. The Morgan fingerprint density at radius 1 is 0.882 bits per heavy atom. The van der Waals surface area contributed by atoms with Crippen molar-refractivity contribution in [3.63, 3.8) is 0 Å². The summed E-state index contributed by atoms with van der Waals surface area (Å²) in [5.41, 5.74) is 3.98. The van der Waals surface area contributed by atoms with Crippen molar-refractivity contribution in [2.45, 2.75) is 19.3 Å². The summed E-state index contributed by atoms with van der Waals surface area (Å²) in [6.07, 6.45) is 8.26. The molecule has 0 atom stereocenters. The predicted octanol–water partition coefficient (Wildman–Crippen LogP) is 3.67. The average molecular weight is 226 g/mol. The number of benzene rings is 1. The lowest BCUT2D eigenvalue weighted by molar-refractivity contribution is 0.578. The molecule has 0 amide bonds. The van der Waals surface area contributed by atoms with Crippen LogP contribution in [0.15, 0.2) is 42.7 Å². The van der Waals surface area contributed by atoms with E-state index in [0.717, 1.165) is 0 Å². The van der Waals surface area contributed by atoms with Crippen LogP contribution in [0.5, 0.6) is 0 Å². The zero-order valence-corrected chi connectivity index (χ0v) is 10.0. The number of nitrogens with zero attached hydrogens (tertiary/aromatic N) is 1. The lowest BCUT2D eigenvalue weighted by Crippen LogP contribution is -2.29. The van der Waals surface area contributed by atoms with Crippen molar-refractivity contribution in [1.29, 1.82) is 0 Å². The molecule has 0 radical (unpaired) electrons. The first-order valence-corrected chi connectivity index (χ1v) is 6.42. The Kier molecular flexibility index (Phi) is 2.87. The SMILES string of the molecule is c1ccc(-c2c[nH]cc2N2CCCCC2)cc1. The van der Waals surface area contributed by atoms with Crippen LogP contribution in [0.2, 0.25) is 0 Å². The van der Waals surface area contributed by atoms with Crippen LogP contribution in [0.25, 0.3) is 11.1 Å². The minimum Gasteiger partial charge on any atom is -0.370 e. The van der Waals surface area contributed by atoms with E-state index in [1.165, 1.54) is 49.2 Å². The molecule has 1 aromatic carbocycles. The first kappa shape index (κ1) is 10.5. The van der Waals surface area contributed by atoms with Crippen LogP contribution in [0.3, 0.4) is 0 Å². The molecular formula is C15H18N2. The molecule has 1 saturated heterocycles. The molecule has 2 nitrogen and oxygen atoms in total. The van der Waals surface area contributed by atoms with E-state index in [4.69, 9.17) is 0 Å². The number of nitrogens with one attached hydrogen (secondary N) is 1. The van der Waals surface area contributed by atoms with Gasteiger partial charge in [0.2, 0.25) is 0 Å². The van der Waals surface area contributed by atoms with E-state index >= 15 is 0 Å². The number of hydrogen-bond donors (Lipinski definition) is 1. The van der Waals surface area contributed by atoms with Crippen LogP contribution < -0.4 is 4.90 Å². The van der Waals surface area contributed by atoms with Crippen molar-refractivity contribution >= 4 is 5.69 Å². The van der Waals surface area contributed by atoms with Crippen molar-refractivity contribution in [2.75, 3.05) is 18.0 Å². The number of rotatable bonds is 2. The highest BCUT2D eigenvalue weighted by Crippen LogP contribution is 2.32. The number of hydrogen-bond acceptors (Lipinski definition) is 1. The number of anilines is 1. The maximum absolute atomic E-state index is 3.25. The molecule has 88 valence electrons. The Morgan fingerprint density at radius 3 is 2.41 bits per heavy atom. The fraction of sp³-hybridized carbons (Fsp3) is 0.333. The highest BCUT2D eigenvalue weighted by atomic mass is 15.1. The van der Waals surface area contributed by atoms with E-state index in [0.29, 0.717) is 0 Å². The Labute approximate surface area is 102 Å². The van der Waals surface area contributed by atoms with Crippen molar-refractivity contribution in [3.05, 3.63) is 42.7 Å². The molecular weight excluding hydrogens is 208 g/mol. The second-order valence-electron chi connectivity index (χ2n) is 4.67. The smallest absolute Gasteiger partial charge is 0.0623 e. The minimum absolute atomic E-state index is 1.19. The van der Waals surface area contributed by atoms with Gasteiger partial charge < -0.3 is 9.88 Å². The second-order valence-corrected chi connectivity index (χ2v) is 4.67. The van der Waals surface area contributed by atoms with Crippen LogP contribution in [0.1, 0.15) is 19.3 Å². The van der Waals surface area contributed by atoms with Crippen molar-refractivity contribution in [3.8, 4) is 11.1 Å². The number of piperidine rings is 1. The fourth-order valence-corrected chi connectivity index (χ4v) is 2.60. The molecule has 1 fully saturated rings. The van der Waals surface area contributed by atoms with Crippen molar-refractivity contribution in [2.24, 2.45) is 0 Å². The summed E-state index contributed by atoms with van der Waals surface area (Å²) in [6, 6.07) is 10.6. The first-order valence-electron chi connectivity index (χ1n) is 6.42. The van der Waals surface area contributed by atoms with Gasteiger partial charge in [-0.1, -0.05) is 30.3 Å². The Bertz CT molecular complexity index is 467. The standard InChI is InChI=1S/C15H18N2/c1-3-7-13(8-4-1)14-11-16-12-15(14)17-9-5-2-6-10-17/h1,3-4,7-8,11-12,16H,2,5-6,9-10H2. The van der Waals surface area contributed by atoms with E-state index in [1.54, 1.807) is 0 Å². The number of aromatic amines is 1. The summed E-state index contributed by atoms with van der Waals surface area (Å²) in [5, 5.41) is 0. The third-order valence-corrected chi connectivity index (χ3v) is 3.51. The lowest BCUT2D eigenvalue weighted by Gasteiger charge is -2.28. The zero-order chi connectivity index (χ0) is 11.5. The molecule has 1 aliphatic heterocycles. The number of aromatic nitrogens is 1. The van der Waals surface area contributed by atoms with Crippen LogP contribution in [0, 0.1) is 0 Å². The van der Waals surface area contributed by atoms with Crippen LogP contribution in [-0.4, -0.2) is 18.1 Å². The Balaban J connectivity index is 1.93. The van der Waals surface area contributed by atoms with Crippen molar-refractivity contribution in [1.82, 2.24) is 4.98 Å². The summed E-state index contributed by atoms with van der Waals surface area (Å²) >= 11 is 0. The van der Waals surface area contributed by atoms with Gasteiger partial charge in [0.15, 0.2) is 0 Å². The Hall–Kier alpha value is -1.70. The molecule has 0 aliphatic carbocycles. The molecule has 1 N–H and O–H groups in total. The first-order chi connectivity index (χ1) is 8.45. The van der Waals surface area contributed by atoms with E-state index < -0.39 is 0 Å². The topological polar surface area (TPSA) is 19.0 Å². The molecule has 2 heteroatoms. The van der Waals surface area contributed by atoms with Gasteiger partial charge in [-0.05, 0) is 24.8 Å². The van der Waals surface area contributed by atoms with Gasteiger partial charge in [-0.2, -0.15) is 0 Å². The highest BCUT2D eigenvalue weighted by Gasteiger charge is 2.15. The lowest BCUT2D eigenvalue weighted by atomic mass is 10.1. The minimum atomic E-state index is 1.19. The summed E-state index contributed by atoms with van der Waals surface area (Å²) in [5.74, 6) is 0. The molecule has 0 saturated carbocycles. The largest absolute Gasteiger partial charge is 0.370 e. The normalized spacial score (nSPS) is 16.1. The monoisotopic (exact) mass is 226 g/mol. The van der Waals surface area contributed by atoms with Crippen LogP contribution in [-0.2, 0) is 0 Å². The molecule has 1 aromatic heterocycles. The van der Waals surface area contributed by atoms with Gasteiger partial charge in [-0.15, -0.1) is 0 Å². The molecule has 0 spiro atoms. The van der Waals surface area contributed by atoms with E-state index in [-0.39, 0.29) is 0 Å². The molecule has 2 heterocycles. The van der Waals surface area contributed by atoms with Gasteiger partial charge in [0, 0.05) is 31.0 Å². The van der Waals surface area contributed by atoms with Crippen molar-refractivity contribution < 1.29 is 0 Å². The summed E-state index contributed by atoms with van der Waals surface area (Å²) in [7, 11) is 0. The van der Waals surface area contributed by atoms with Gasteiger partial charge >= 0.3 is 0 Å². The molecule has 3 rings (SSSR count). The number of H-pyrrole nitrogens is 1. The quantitative estimate of drug-likeness (QED) is 0.827. The molecule has 0 unspecified atom stereocenters. The Morgan fingerprint density at radius 2 is 1.65 bits per heavy atom. The summed E-state index contributed by atoms with van der Waals surface area (Å²) in [6.45, 7) is 2.38. The second kappa shape index (κ2) is 4.66. The third-order valence-electron chi connectivity index (χ3n) is 3.51. The van der Waals surface area contributed by atoms with Gasteiger partial charge in [0.25, 0.3) is 0 Å². The molecule has 2 aromatic rings. The van der Waals surface area contributed by atoms with Crippen LogP contribution >= 0.6 is 0 Å². The summed E-state index contributed by atoms with van der Waals surface area (Å²) in [4.78, 5) is 5.75. The van der Waals surface area contributed by atoms with Gasteiger partial charge in [-0.25, -0.2) is 0 Å². The van der Waals surface area contributed by atoms with Gasteiger partial charge in [0.05, 0.1) is 5.69 Å². The van der Waals surface area contributed by atoms with Crippen LogP contribution in [0.4, 0.5) is 5.69 Å². The summed E-state index contributed by atoms with van der Waals surface area (Å²) < 4.78 is 0. The van der Waals surface area contributed by atoms with E-state index in [2.05, 4.69) is 52.6 Å². The molecule has 1 aliphatic rings. The third kappa shape index (κ3) is 2.07. The highest BCUT2D eigenvalue weighted by molar-refractivity contribution is 5.78.